The van der Waals surface area contributed by atoms with Crippen molar-refractivity contribution in [3.05, 3.63) is 58.6 Å². The van der Waals surface area contributed by atoms with E-state index in [-0.39, 0.29) is 11.9 Å². The maximum atomic E-state index is 12.4. The van der Waals surface area contributed by atoms with E-state index in [4.69, 9.17) is 22.1 Å². The molecule has 0 saturated heterocycles. The molecule has 2 aromatic carbocycles. The minimum absolute atomic E-state index is 0.0107. The first-order valence-electron chi connectivity index (χ1n) is 7.56. The molecule has 0 aliphatic rings. The molecular weight excluding hydrogens is 326 g/mol. The van der Waals surface area contributed by atoms with Gasteiger partial charge in [-0.15, -0.1) is 0 Å². The van der Waals surface area contributed by atoms with E-state index in [9.17, 15) is 4.79 Å². The van der Waals surface area contributed by atoms with Gasteiger partial charge < -0.3 is 20.7 Å². The molecule has 0 fully saturated rings. The van der Waals surface area contributed by atoms with Gasteiger partial charge >= 0.3 is 0 Å². The maximum absolute atomic E-state index is 12.4. The van der Waals surface area contributed by atoms with Crippen LogP contribution in [-0.4, -0.2) is 38.6 Å². The number of anilines is 1. The van der Waals surface area contributed by atoms with Crippen LogP contribution in [0.4, 0.5) is 5.69 Å². The molecule has 0 aliphatic carbocycles. The first kappa shape index (κ1) is 18.1. The Hall–Kier alpha value is -2.24. The number of nitrogen functional groups attached to an aromatic ring is 1. The van der Waals surface area contributed by atoms with Crippen molar-refractivity contribution in [3.63, 3.8) is 0 Å². The summed E-state index contributed by atoms with van der Waals surface area (Å²) in [5.41, 5.74) is 7.65. The highest BCUT2D eigenvalue weighted by molar-refractivity contribution is 6.34. The highest BCUT2D eigenvalue weighted by atomic mass is 35.5. The van der Waals surface area contributed by atoms with Gasteiger partial charge in [0.15, 0.2) is 0 Å². The largest absolute Gasteiger partial charge is 0.497 e. The molecule has 0 saturated carbocycles. The van der Waals surface area contributed by atoms with Gasteiger partial charge in [-0.1, -0.05) is 23.7 Å². The molecule has 6 heteroatoms. The van der Waals surface area contributed by atoms with E-state index in [2.05, 4.69) is 5.32 Å². The number of nitrogens with two attached hydrogens (primary N) is 1. The summed E-state index contributed by atoms with van der Waals surface area (Å²) in [6, 6.07) is 12.7. The molecule has 1 atom stereocenters. The Morgan fingerprint density at radius 3 is 2.67 bits per heavy atom. The third kappa shape index (κ3) is 4.40. The van der Waals surface area contributed by atoms with E-state index in [0.717, 1.165) is 11.3 Å². The molecule has 1 unspecified atom stereocenters. The Kier molecular flexibility index (Phi) is 6.06. The molecule has 5 nitrogen and oxygen atoms in total. The van der Waals surface area contributed by atoms with Crippen LogP contribution in [0.25, 0.3) is 0 Å². The van der Waals surface area contributed by atoms with E-state index >= 15 is 0 Å². The van der Waals surface area contributed by atoms with Crippen LogP contribution in [0.15, 0.2) is 42.5 Å². The van der Waals surface area contributed by atoms with Crippen LogP contribution in [0.5, 0.6) is 5.75 Å². The van der Waals surface area contributed by atoms with E-state index in [0.29, 0.717) is 22.8 Å². The molecule has 0 aromatic heterocycles. The number of ether oxygens (including phenoxy) is 1. The number of hydrogen-bond donors (Lipinski definition) is 2. The van der Waals surface area contributed by atoms with E-state index in [1.165, 1.54) is 0 Å². The second-order valence-electron chi connectivity index (χ2n) is 5.71. The molecule has 2 aromatic rings. The number of carbonyl (C=O) groups is 1. The molecule has 1 amide bonds. The summed E-state index contributed by atoms with van der Waals surface area (Å²) in [7, 11) is 5.56. The lowest BCUT2D eigenvalue weighted by molar-refractivity contribution is 0.0942. The van der Waals surface area contributed by atoms with Gasteiger partial charge in [-0.05, 0) is 50.0 Å². The maximum Gasteiger partial charge on any atom is 0.252 e. The summed E-state index contributed by atoms with van der Waals surface area (Å²) in [5.74, 6) is 0.557. The lowest BCUT2D eigenvalue weighted by Crippen LogP contribution is -2.34. The summed E-state index contributed by atoms with van der Waals surface area (Å²) in [4.78, 5) is 14.4. The Bertz CT molecular complexity index is 719. The smallest absolute Gasteiger partial charge is 0.252 e. The standard InChI is InChI=1S/C18H22ClN3O2/c1-22(2)17(12-5-4-6-14(9-12)24-3)11-21-18(23)15-8-7-13(20)10-16(15)19/h4-10,17H,11,20H2,1-3H3,(H,21,23). The number of benzene rings is 2. The highest BCUT2D eigenvalue weighted by Gasteiger charge is 2.17. The van der Waals surface area contributed by atoms with Crippen LogP contribution in [0, 0.1) is 0 Å². The Balaban J connectivity index is 2.12. The molecule has 0 spiro atoms. The summed E-state index contributed by atoms with van der Waals surface area (Å²) in [6.45, 7) is 0.444. The topological polar surface area (TPSA) is 67.6 Å². The van der Waals surface area contributed by atoms with Crippen molar-refractivity contribution >= 4 is 23.2 Å². The molecule has 0 radical (unpaired) electrons. The van der Waals surface area contributed by atoms with Gasteiger partial charge in [-0.3, -0.25) is 4.79 Å². The molecule has 24 heavy (non-hydrogen) atoms. The molecule has 0 bridgehead atoms. The summed E-state index contributed by atoms with van der Waals surface area (Å²) in [6.07, 6.45) is 0. The van der Waals surface area contributed by atoms with Crippen LogP contribution in [0.2, 0.25) is 5.02 Å². The molecule has 128 valence electrons. The molecular formula is C18H22ClN3O2. The number of nitrogens with zero attached hydrogens (tertiary/aromatic N) is 1. The van der Waals surface area contributed by atoms with Gasteiger partial charge in [0, 0.05) is 12.2 Å². The van der Waals surface area contributed by atoms with Crippen LogP contribution < -0.4 is 15.8 Å². The van der Waals surface area contributed by atoms with Crippen LogP contribution in [0.1, 0.15) is 22.0 Å². The van der Waals surface area contributed by atoms with Crippen LogP contribution >= 0.6 is 11.6 Å². The van der Waals surface area contributed by atoms with Crippen LogP contribution in [-0.2, 0) is 0 Å². The van der Waals surface area contributed by atoms with E-state index in [1.807, 2.05) is 43.3 Å². The molecule has 0 heterocycles. The van der Waals surface area contributed by atoms with Crippen LogP contribution in [0.3, 0.4) is 0 Å². The van der Waals surface area contributed by atoms with Gasteiger partial charge in [-0.25, -0.2) is 0 Å². The molecule has 2 rings (SSSR count). The first-order valence-corrected chi connectivity index (χ1v) is 7.93. The lowest BCUT2D eigenvalue weighted by Gasteiger charge is -2.25. The average molecular weight is 348 g/mol. The first-order chi connectivity index (χ1) is 11.4. The molecule has 3 N–H and O–H groups in total. The zero-order valence-corrected chi connectivity index (χ0v) is 14.8. The molecule has 0 aliphatic heterocycles. The fourth-order valence-corrected chi connectivity index (χ4v) is 2.72. The highest BCUT2D eigenvalue weighted by Crippen LogP contribution is 2.23. The predicted molar refractivity (Wildman–Crippen MR) is 97.6 cm³/mol. The minimum Gasteiger partial charge on any atom is -0.497 e. The Morgan fingerprint density at radius 1 is 1.29 bits per heavy atom. The minimum atomic E-state index is -0.227. The number of hydrogen-bond acceptors (Lipinski definition) is 4. The van der Waals surface area contributed by atoms with E-state index in [1.54, 1.807) is 25.3 Å². The van der Waals surface area contributed by atoms with Gasteiger partial charge in [0.05, 0.1) is 23.7 Å². The number of carbonyl (C=O) groups excluding carboxylic acids is 1. The number of rotatable bonds is 6. The van der Waals surface area contributed by atoms with Crippen molar-refractivity contribution in [1.82, 2.24) is 10.2 Å². The number of likely N-dealkylation sites (N-methyl/N-ethyl adjacent to an activating group) is 1. The van der Waals surface area contributed by atoms with Crippen molar-refractivity contribution < 1.29 is 9.53 Å². The number of nitrogens with one attached hydrogen (secondary N) is 1. The fourth-order valence-electron chi connectivity index (χ4n) is 2.45. The van der Waals surface area contributed by atoms with Crippen molar-refractivity contribution in [2.45, 2.75) is 6.04 Å². The van der Waals surface area contributed by atoms with Crippen molar-refractivity contribution in [2.24, 2.45) is 0 Å². The van der Waals surface area contributed by atoms with Crippen molar-refractivity contribution in [3.8, 4) is 5.75 Å². The normalized spacial score (nSPS) is 12.0. The zero-order chi connectivity index (χ0) is 17.7. The van der Waals surface area contributed by atoms with Gasteiger partial charge in [0.2, 0.25) is 0 Å². The van der Waals surface area contributed by atoms with Crippen molar-refractivity contribution in [1.29, 1.82) is 0 Å². The SMILES string of the molecule is COc1cccc(C(CNC(=O)c2ccc(N)cc2Cl)N(C)C)c1. The number of halogens is 1. The third-order valence-electron chi connectivity index (χ3n) is 3.80. The fraction of sp³-hybridized carbons (Fsp3) is 0.278. The van der Waals surface area contributed by atoms with E-state index < -0.39 is 0 Å². The second kappa shape index (κ2) is 8.04. The summed E-state index contributed by atoms with van der Waals surface area (Å²) >= 11 is 6.09. The lowest BCUT2D eigenvalue weighted by atomic mass is 10.1. The summed E-state index contributed by atoms with van der Waals surface area (Å²) in [5, 5.41) is 3.27. The summed E-state index contributed by atoms with van der Waals surface area (Å²) < 4.78 is 5.27. The quantitative estimate of drug-likeness (QED) is 0.788. The Labute approximate surface area is 147 Å². The zero-order valence-electron chi connectivity index (χ0n) is 14.0. The third-order valence-corrected chi connectivity index (χ3v) is 4.11. The number of amides is 1. The second-order valence-corrected chi connectivity index (χ2v) is 6.11. The van der Waals surface area contributed by atoms with Crippen molar-refractivity contribution in [2.75, 3.05) is 33.5 Å². The number of methoxy groups -OCH3 is 1. The Morgan fingerprint density at radius 2 is 2.04 bits per heavy atom. The monoisotopic (exact) mass is 347 g/mol. The van der Waals surface area contributed by atoms with Gasteiger partial charge in [0.1, 0.15) is 5.75 Å². The predicted octanol–water partition coefficient (Wildman–Crippen LogP) is 2.96. The van der Waals surface area contributed by atoms with Gasteiger partial charge in [0.25, 0.3) is 5.91 Å². The van der Waals surface area contributed by atoms with Gasteiger partial charge in [-0.2, -0.15) is 0 Å². The average Bonchev–Trinajstić information content (AvgIpc) is 2.54.